The lowest BCUT2D eigenvalue weighted by Crippen LogP contribution is -2.30. The van der Waals surface area contributed by atoms with Crippen LogP contribution in [-0.4, -0.2) is 107 Å². The maximum absolute atomic E-state index is 13.0. The van der Waals surface area contributed by atoms with Crippen LogP contribution in [0.5, 0.6) is 0 Å². The van der Waals surface area contributed by atoms with Crippen molar-refractivity contribution in [1.82, 2.24) is 0 Å². The SMILES string of the molecule is CCCCCCC(O)C/C=C/CCCCCCCC(=O)OCC(COC(=O)CCCCCCC/C=C/CC(CCCCCC)OC(=O)Nc1ccc(C)c(NC(=O)OCC(O)CO)c1)OC(=O)CCCCCCC/C=C/CC(O)CCCCCC. The number of ether oxygens (including phenoxy) is 5. The molecule has 1 rings (SSSR count). The molecule has 5 unspecified atom stereocenters. The molecule has 0 saturated heterocycles. The molecule has 488 valence electrons. The lowest BCUT2D eigenvalue weighted by Gasteiger charge is -2.18. The van der Waals surface area contributed by atoms with Gasteiger partial charge in [0.05, 0.1) is 18.8 Å². The van der Waals surface area contributed by atoms with E-state index in [9.17, 15) is 39.3 Å². The molecule has 0 bridgehead atoms. The second kappa shape index (κ2) is 55.8. The molecule has 0 aliphatic heterocycles. The van der Waals surface area contributed by atoms with Crippen molar-refractivity contribution in [1.29, 1.82) is 0 Å². The third-order valence-corrected chi connectivity index (χ3v) is 14.9. The number of unbranched alkanes of at least 4 members (excludes halogenated alkanes) is 24. The number of aliphatic hydroxyl groups is 4. The van der Waals surface area contributed by atoms with Crippen molar-refractivity contribution in [2.45, 2.75) is 309 Å². The predicted octanol–water partition coefficient (Wildman–Crippen LogP) is 16.5. The first-order chi connectivity index (χ1) is 41.3. The van der Waals surface area contributed by atoms with Gasteiger partial charge in [0.25, 0.3) is 0 Å². The first kappa shape index (κ1) is 78.2. The average molecular weight is 1200 g/mol. The highest BCUT2D eigenvalue weighted by atomic mass is 16.6. The molecule has 0 aliphatic rings. The molecular formula is C69H118N2O14. The summed E-state index contributed by atoms with van der Waals surface area (Å²) in [6.45, 7) is 7.07. The molecule has 16 nitrogen and oxygen atoms in total. The van der Waals surface area contributed by atoms with Crippen molar-refractivity contribution in [2.75, 3.05) is 37.1 Å². The first-order valence-corrected chi connectivity index (χ1v) is 33.4. The van der Waals surface area contributed by atoms with Crippen LogP contribution in [-0.2, 0) is 38.1 Å². The molecule has 85 heavy (non-hydrogen) atoms. The molecule has 0 aliphatic carbocycles. The smallest absolute Gasteiger partial charge is 0.411 e. The van der Waals surface area contributed by atoms with Crippen LogP contribution >= 0.6 is 0 Å². The largest absolute Gasteiger partial charge is 0.462 e. The topological polar surface area (TPSA) is 236 Å². The summed E-state index contributed by atoms with van der Waals surface area (Å²) in [6, 6.07) is 5.04. The van der Waals surface area contributed by atoms with Crippen molar-refractivity contribution >= 4 is 41.5 Å². The highest BCUT2D eigenvalue weighted by molar-refractivity contribution is 5.89. The maximum Gasteiger partial charge on any atom is 0.411 e. The van der Waals surface area contributed by atoms with Crippen LogP contribution in [0.2, 0.25) is 0 Å². The number of esters is 3. The van der Waals surface area contributed by atoms with Gasteiger partial charge in [-0.2, -0.15) is 0 Å². The monoisotopic (exact) mass is 1200 g/mol. The van der Waals surface area contributed by atoms with E-state index >= 15 is 0 Å². The summed E-state index contributed by atoms with van der Waals surface area (Å²) in [5, 5.41) is 44.1. The highest BCUT2D eigenvalue weighted by Gasteiger charge is 2.20. The van der Waals surface area contributed by atoms with E-state index in [-0.39, 0.29) is 69.3 Å². The van der Waals surface area contributed by atoms with Gasteiger partial charge in [-0.3, -0.25) is 25.0 Å². The van der Waals surface area contributed by atoms with Gasteiger partial charge >= 0.3 is 30.1 Å². The van der Waals surface area contributed by atoms with Gasteiger partial charge in [-0.1, -0.05) is 192 Å². The minimum atomic E-state index is -1.18. The molecule has 2 amide bonds. The highest BCUT2D eigenvalue weighted by Crippen LogP contribution is 2.23. The Bertz CT molecular complexity index is 1920. The molecule has 16 heteroatoms. The number of carbonyl (C=O) groups excluding carboxylic acids is 5. The van der Waals surface area contributed by atoms with Crippen LogP contribution in [0, 0.1) is 6.92 Å². The van der Waals surface area contributed by atoms with E-state index in [1.165, 1.54) is 38.5 Å². The minimum Gasteiger partial charge on any atom is -0.462 e. The van der Waals surface area contributed by atoms with E-state index in [1.54, 1.807) is 25.1 Å². The van der Waals surface area contributed by atoms with Gasteiger partial charge in [0, 0.05) is 37.1 Å². The number of benzene rings is 1. The number of amides is 2. The zero-order valence-corrected chi connectivity index (χ0v) is 53.4. The van der Waals surface area contributed by atoms with E-state index in [1.807, 2.05) is 0 Å². The van der Waals surface area contributed by atoms with Crippen molar-refractivity contribution < 1.29 is 68.1 Å². The Labute approximate surface area is 513 Å². The maximum atomic E-state index is 13.0. The van der Waals surface area contributed by atoms with Crippen LogP contribution in [0.4, 0.5) is 21.0 Å². The van der Waals surface area contributed by atoms with E-state index in [2.05, 4.69) is 67.9 Å². The predicted molar refractivity (Wildman–Crippen MR) is 341 cm³/mol. The molecule has 0 radical (unpaired) electrons. The second-order valence-corrected chi connectivity index (χ2v) is 23.1. The minimum absolute atomic E-state index is 0.172. The molecule has 0 saturated carbocycles. The summed E-state index contributed by atoms with van der Waals surface area (Å²) < 4.78 is 27.7. The van der Waals surface area contributed by atoms with Gasteiger partial charge in [0.2, 0.25) is 0 Å². The zero-order valence-electron chi connectivity index (χ0n) is 53.4. The number of aryl methyl sites for hydroxylation is 1. The van der Waals surface area contributed by atoms with Crippen LogP contribution in [0.25, 0.3) is 0 Å². The van der Waals surface area contributed by atoms with Gasteiger partial charge in [-0.15, -0.1) is 0 Å². The molecular weight excluding hydrogens is 1080 g/mol. The number of aliphatic hydroxyl groups excluding tert-OH is 4. The van der Waals surface area contributed by atoms with E-state index < -0.39 is 37.0 Å². The molecule has 0 fully saturated rings. The molecule has 5 atom stereocenters. The molecule has 0 spiro atoms. The van der Waals surface area contributed by atoms with E-state index in [0.717, 1.165) is 160 Å². The number of carbonyl (C=O) groups is 5. The number of anilines is 2. The Hall–Kier alpha value is -4.77. The van der Waals surface area contributed by atoms with Crippen LogP contribution in [0.3, 0.4) is 0 Å². The summed E-state index contributed by atoms with van der Waals surface area (Å²) in [5.74, 6) is -1.15. The number of hydrogen-bond acceptors (Lipinski definition) is 14. The van der Waals surface area contributed by atoms with Crippen molar-refractivity contribution in [3.05, 3.63) is 60.2 Å². The van der Waals surface area contributed by atoms with Gasteiger partial charge in [-0.25, -0.2) is 9.59 Å². The molecule has 0 heterocycles. The molecule has 0 aromatic heterocycles. The van der Waals surface area contributed by atoms with Crippen LogP contribution in [0.15, 0.2) is 54.7 Å². The Morgan fingerprint density at radius 1 is 0.435 bits per heavy atom. The van der Waals surface area contributed by atoms with Gasteiger partial charge in [-0.05, 0) is 121 Å². The van der Waals surface area contributed by atoms with E-state index in [0.29, 0.717) is 49.9 Å². The number of nitrogens with one attached hydrogen (secondary N) is 2. The summed E-state index contributed by atoms with van der Waals surface area (Å²) in [5.41, 5.74) is 1.57. The Morgan fingerprint density at radius 3 is 1.35 bits per heavy atom. The first-order valence-electron chi connectivity index (χ1n) is 33.4. The van der Waals surface area contributed by atoms with Crippen LogP contribution in [0.1, 0.15) is 277 Å². The van der Waals surface area contributed by atoms with Crippen molar-refractivity contribution in [2.24, 2.45) is 0 Å². The molecule has 6 N–H and O–H groups in total. The normalized spacial score (nSPS) is 13.4. The van der Waals surface area contributed by atoms with E-state index in [4.69, 9.17) is 28.8 Å². The second-order valence-electron chi connectivity index (χ2n) is 23.1. The summed E-state index contributed by atoms with van der Waals surface area (Å²) in [6.07, 6.45) is 43.9. The Morgan fingerprint density at radius 2 is 0.871 bits per heavy atom. The lowest BCUT2D eigenvalue weighted by atomic mass is 10.1. The molecule has 1 aromatic carbocycles. The fourth-order valence-corrected chi connectivity index (χ4v) is 9.55. The number of hydrogen-bond donors (Lipinski definition) is 6. The van der Waals surface area contributed by atoms with Gasteiger partial charge in [0.15, 0.2) is 6.10 Å². The Kier molecular flexibility index (Phi) is 51.4. The average Bonchev–Trinajstić information content (AvgIpc) is 3.63. The fourth-order valence-electron chi connectivity index (χ4n) is 9.55. The number of allylic oxidation sites excluding steroid dienone is 3. The van der Waals surface area contributed by atoms with Gasteiger partial charge in [0.1, 0.15) is 32.0 Å². The Balaban J connectivity index is 2.54. The van der Waals surface area contributed by atoms with Gasteiger partial charge < -0.3 is 44.1 Å². The number of rotatable bonds is 56. The summed E-state index contributed by atoms with van der Waals surface area (Å²) in [7, 11) is 0. The third kappa shape index (κ3) is 49.0. The van der Waals surface area contributed by atoms with Crippen molar-refractivity contribution in [3.8, 4) is 0 Å². The lowest BCUT2D eigenvalue weighted by molar-refractivity contribution is -0.167. The third-order valence-electron chi connectivity index (χ3n) is 14.9. The molecule has 1 aromatic rings. The zero-order chi connectivity index (χ0) is 62.2. The standard InChI is InChI=1S/C69H118N2O14/c1-5-8-11-32-41-59(73)43-34-26-20-14-17-23-29-38-47-65(76)81-55-63(84-67(78)49-40-31-25-18-15-21-27-35-44-60(74)42-33-12-9-6-2)56-82-66(77)48-39-30-24-19-16-22-28-37-46-62(45-36-13-10-7-3)85-69(80)70-58-51-50-57(4)64(52-58)71-68(79)83-54-61(75)53-72/h26-28,34-35,37,50-52,59-63,72-75H,5-25,29-33,36,38-49,53-56H2,1-4H3,(H,70,80)(H,71,79)/b34-26+,35-27+,37-28+. The summed E-state index contributed by atoms with van der Waals surface area (Å²) >= 11 is 0. The van der Waals surface area contributed by atoms with Crippen molar-refractivity contribution in [3.63, 3.8) is 0 Å². The quantitative estimate of drug-likeness (QED) is 0.0154. The van der Waals surface area contributed by atoms with Crippen LogP contribution < -0.4 is 10.6 Å². The summed E-state index contributed by atoms with van der Waals surface area (Å²) in [4.78, 5) is 63.8. The fraction of sp³-hybridized carbons (Fsp3) is 0.754.